The van der Waals surface area contributed by atoms with E-state index in [2.05, 4.69) is 46.8 Å². The van der Waals surface area contributed by atoms with Crippen molar-refractivity contribution in [3.8, 4) is 0 Å². The predicted octanol–water partition coefficient (Wildman–Crippen LogP) is 4.93. The number of allylic oxidation sites excluding steroid dienone is 3. The van der Waals surface area contributed by atoms with Gasteiger partial charge in [0.05, 0.1) is 5.60 Å². The van der Waals surface area contributed by atoms with Crippen molar-refractivity contribution in [2.24, 2.45) is 35.0 Å². The van der Waals surface area contributed by atoms with Crippen LogP contribution in [0.3, 0.4) is 0 Å². The van der Waals surface area contributed by atoms with Gasteiger partial charge in [-0.25, -0.2) is 0 Å². The van der Waals surface area contributed by atoms with E-state index in [1.165, 1.54) is 6.42 Å². The zero-order chi connectivity index (χ0) is 17.7. The Kier molecular flexibility index (Phi) is 4.57. The third kappa shape index (κ3) is 2.81. The van der Waals surface area contributed by atoms with Crippen molar-refractivity contribution in [3.63, 3.8) is 0 Å². The molecule has 0 unspecified atom stereocenters. The quantitative estimate of drug-likeness (QED) is 0.742. The van der Waals surface area contributed by atoms with Gasteiger partial charge < -0.3 is 5.11 Å². The molecule has 3 rings (SSSR count). The molecule has 0 saturated heterocycles. The SMILES string of the molecule is CC(C)[C@H](C)/C=C/[C@@H](C)[C@H]1CC[C@H]2C3=CC(=O)C[C@@]3(O)CC[C@]12C. The first kappa shape index (κ1) is 17.9. The van der Waals surface area contributed by atoms with Crippen LogP contribution in [0.15, 0.2) is 23.8 Å². The van der Waals surface area contributed by atoms with Crippen LogP contribution in [0.2, 0.25) is 0 Å². The molecule has 0 heterocycles. The van der Waals surface area contributed by atoms with Crippen LogP contribution in [0.1, 0.15) is 66.7 Å². The third-order valence-electron chi connectivity index (χ3n) is 7.59. The van der Waals surface area contributed by atoms with E-state index in [0.29, 0.717) is 36.0 Å². The van der Waals surface area contributed by atoms with Crippen LogP contribution in [-0.2, 0) is 4.79 Å². The smallest absolute Gasteiger partial charge is 0.158 e. The summed E-state index contributed by atoms with van der Waals surface area (Å²) in [6, 6.07) is 0. The van der Waals surface area contributed by atoms with Gasteiger partial charge in [-0.1, -0.05) is 46.8 Å². The molecule has 0 aromatic rings. The highest BCUT2D eigenvalue weighted by atomic mass is 16.3. The van der Waals surface area contributed by atoms with Gasteiger partial charge in [-0.2, -0.15) is 0 Å². The molecular weight excluding hydrogens is 296 g/mol. The molecule has 3 aliphatic carbocycles. The fourth-order valence-electron chi connectivity index (χ4n) is 5.59. The van der Waals surface area contributed by atoms with Crippen LogP contribution in [0.25, 0.3) is 0 Å². The molecule has 134 valence electrons. The minimum Gasteiger partial charge on any atom is -0.385 e. The minimum atomic E-state index is -0.818. The lowest BCUT2D eigenvalue weighted by Crippen LogP contribution is -2.45. The van der Waals surface area contributed by atoms with Gasteiger partial charge in [0.25, 0.3) is 0 Å². The summed E-state index contributed by atoms with van der Waals surface area (Å²) in [6.07, 6.45) is 11.1. The van der Waals surface area contributed by atoms with Crippen molar-refractivity contribution in [1.29, 1.82) is 0 Å². The van der Waals surface area contributed by atoms with Crippen molar-refractivity contribution in [2.75, 3.05) is 0 Å². The van der Waals surface area contributed by atoms with E-state index in [-0.39, 0.29) is 11.2 Å². The first-order valence-corrected chi connectivity index (χ1v) is 9.83. The molecule has 0 radical (unpaired) electrons. The summed E-state index contributed by atoms with van der Waals surface area (Å²) in [5.41, 5.74) is 0.477. The number of rotatable bonds is 4. The Hall–Kier alpha value is -0.890. The second-order valence-corrected chi connectivity index (χ2v) is 9.36. The number of carbonyl (C=O) groups excluding carboxylic acids is 1. The molecule has 0 aromatic carbocycles. The Morgan fingerprint density at radius 2 is 1.88 bits per heavy atom. The second-order valence-electron chi connectivity index (χ2n) is 9.36. The number of hydrogen-bond acceptors (Lipinski definition) is 2. The topological polar surface area (TPSA) is 37.3 Å². The zero-order valence-corrected chi connectivity index (χ0v) is 16.0. The highest BCUT2D eigenvalue weighted by molar-refractivity contribution is 5.95. The van der Waals surface area contributed by atoms with E-state index in [4.69, 9.17) is 0 Å². The summed E-state index contributed by atoms with van der Waals surface area (Å²) >= 11 is 0. The highest BCUT2D eigenvalue weighted by Gasteiger charge is 2.58. The molecule has 2 fully saturated rings. The normalized spacial score (nSPS) is 41.5. The van der Waals surface area contributed by atoms with Crippen LogP contribution >= 0.6 is 0 Å². The van der Waals surface area contributed by atoms with E-state index in [9.17, 15) is 9.90 Å². The molecule has 0 bridgehead atoms. The first-order chi connectivity index (χ1) is 11.2. The molecular formula is C22H34O2. The first-order valence-electron chi connectivity index (χ1n) is 9.83. The van der Waals surface area contributed by atoms with Crippen LogP contribution in [0, 0.1) is 35.0 Å². The van der Waals surface area contributed by atoms with Gasteiger partial charge in [-0.05, 0) is 72.3 Å². The van der Waals surface area contributed by atoms with Crippen LogP contribution in [0.5, 0.6) is 0 Å². The average Bonchev–Trinajstić information content (AvgIpc) is 3.00. The molecule has 0 amide bonds. The van der Waals surface area contributed by atoms with E-state index in [1.54, 1.807) is 6.08 Å². The standard InChI is InChI=1S/C22H34O2/c1-14(2)15(3)6-7-16(4)18-8-9-19-20-12-17(23)13-22(20,24)11-10-21(18,19)5/h6-7,12,14-16,18-19,24H,8-11,13H2,1-5H3/b7-6+/t15-,16-,18-,19+,21-,22+/m1/s1. The molecule has 2 nitrogen and oxygen atoms in total. The van der Waals surface area contributed by atoms with Gasteiger partial charge in [0.1, 0.15) is 0 Å². The fraction of sp³-hybridized carbons (Fsp3) is 0.773. The second kappa shape index (κ2) is 6.12. The van der Waals surface area contributed by atoms with Gasteiger partial charge in [-0.3, -0.25) is 4.79 Å². The zero-order valence-electron chi connectivity index (χ0n) is 16.0. The maximum atomic E-state index is 11.9. The van der Waals surface area contributed by atoms with Crippen LogP contribution in [-0.4, -0.2) is 16.5 Å². The summed E-state index contributed by atoms with van der Waals surface area (Å²) in [6.45, 7) is 11.6. The largest absolute Gasteiger partial charge is 0.385 e. The number of aliphatic hydroxyl groups is 1. The third-order valence-corrected chi connectivity index (χ3v) is 7.59. The fourth-order valence-corrected chi connectivity index (χ4v) is 5.59. The molecule has 2 heteroatoms. The van der Waals surface area contributed by atoms with Crippen molar-refractivity contribution < 1.29 is 9.90 Å². The van der Waals surface area contributed by atoms with Crippen LogP contribution < -0.4 is 0 Å². The number of hydrogen-bond donors (Lipinski definition) is 1. The van der Waals surface area contributed by atoms with E-state index in [1.807, 2.05) is 0 Å². The van der Waals surface area contributed by atoms with Gasteiger partial charge in [0.2, 0.25) is 0 Å². The average molecular weight is 331 g/mol. The lowest BCUT2D eigenvalue weighted by Gasteiger charge is -2.48. The van der Waals surface area contributed by atoms with Gasteiger partial charge in [-0.15, -0.1) is 0 Å². The molecule has 1 N–H and O–H groups in total. The maximum Gasteiger partial charge on any atom is 0.158 e. The monoisotopic (exact) mass is 330 g/mol. The molecule has 0 aliphatic heterocycles. The summed E-state index contributed by atoms with van der Waals surface area (Å²) in [7, 11) is 0. The minimum absolute atomic E-state index is 0.124. The molecule has 6 atom stereocenters. The van der Waals surface area contributed by atoms with Crippen molar-refractivity contribution >= 4 is 5.78 Å². The highest BCUT2D eigenvalue weighted by Crippen LogP contribution is 2.63. The summed E-state index contributed by atoms with van der Waals surface area (Å²) in [5, 5.41) is 10.9. The molecule has 2 saturated carbocycles. The predicted molar refractivity (Wildman–Crippen MR) is 98.5 cm³/mol. The lowest BCUT2D eigenvalue weighted by atomic mass is 9.58. The Bertz CT molecular complexity index is 573. The van der Waals surface area contributed by atoms with Gasteiger partial charge in [0.15, 0.2) is 5.78 Å². The van der Waals surface area contributed by atoms with E-state index >= 15 is 0 Å². The Balaban J connectivity index is 1.80. The Morgan fingerprint density at radius 1 is 1.17 bits per heavy atom. The van der Waals surface area contributed by atoms with Gasteiger partial charge in [0, 0.05) is 6.42 Å². The molecule has 0 aromatic heterocycles. The van der Waals surface area contributed by atoms with E-state index < -0.39 is 5.60 Å². The van der Waals surface area contributed by atoms with E-state index in [0.717, 1.165) is 24.8 Å². The number of fused-ring (bicyclic) bond motifs is 3. The summed E-state index contributed by atoms with van der Waals surface area (Å²) < 4.78 is 0. The van der Waals surface area contributed by atoms with Crippen molar-refractivity contribution in [3.05, 3.63) is 23.8 Å². The Labute approximate surface area is 147 Å². The summed E-state index contributed by atoms with van der Waals surface area (Å²) in [4.78, 5) is 11.9. The lowest BCUT2D eigenvalue weighted by molar-refractivity contribution is -0.117. The van der Waals surface area contributed by atoms with Gasteiger partial charge >= 0.3 is 0 Å². The number of carbonyl (C=O) groups is 1. The summed E-state index contributed by atoms with van der Waals surface area (Å²) in [5.74, 6) is 3.03. The van der Waals surface area contributed by atoms with Crippen molar-refractivity contribution in [1.82, 2.24) is 0 Å². The Morgan fingerprint density at radius 3 is 2.54 bits per heavy atom. The maximum absolute atomic E-state index is 11.9. The van der Waals surface area contributed by atoms with Crippen LogP contribution in [0.4, 0.5) is 0 Å². The molecule has 0 spiro atoms. The molecule has 3 aliphatic rings. The molecule has 24 heavy (non-hydrogen) atoms. The van der Waals surface area contributed by atoms with Crippen molar-refractivity contribution in [2.45, 2.75) is 72.3 Å². The number of ketones is 1.